The molecular formula is C11H12F3NO2. The molecule has 0 saturated heterocycles. The zero-order valence-electron chi connectivity index (χ0n) is 9.12. The first kappa shape index (κ1) is 13.5. The van der Waals surface area contributed by atoms with E-state index >= 15 is 0 Å². The Balaban J connectivity index is 2.85. The van der Waals surface area contributed by atoms with Gasteiger partial charge in [-0.05, 0) is 24.6 Å². The minimum Gasteiger partial charge on any atom is -0.462 e. The molecule has 0 aliphatic carbocycles. The maximum atomic E-state index is 12.3. The molecule has 1 aromatic carbocycles. The fourth-order valence-electron chi connectivity index (χ4n) is 1.23. The van der Waals surface area contributed by atoms with Crippen LogP contribution in [0.4, 0.5) is 13.2 Å². The van der Waals surface area contributed by atoms with Crippen LogP contribution in [-0.4, -0.2) is 18.8 Å². The summed E-state index contributed by atoms with van der Waals surface area (Å²) in [5.74, 6) is -0.570. The molecule has 1 aromatic rings. The third-order valence-electron chi connectivity index (χ3n) is 2.13. The van der Waals surface area contributed by atoms with Gasteiger partial charge in [0.2, 0.25) is 0 Å². The second kappa shape index (κ2) is 5.18. The Bertz CT molecular complexity index is 387. The first-order chi connectivity index (χ1) is 7.86. The zero-order chi connectivity index (χ0) is 13.1. The maximum absolute atomic E-state index is 12.3. The second-order valence-corrected chi connectivity index (χ2v) is 3.36. The van der Waals surface area contributed by atoms with E-state index in [2.05, 4.69) is 0 Å². The van der Waals surface area contributed by atoms with Crippen molar-refractivity contribution in [3.63, 3.8) is 0 Å². The molecule has 0 aromatic heterocycles. The van der Waals surface area contributed by atoms with Crippen LogP contribution in [-0.2, 0) is 4.74 Å². The fourth-order valence-corrected chi connectivity index (χ4v) is 1.23. The Kier molecular flexibility index (Phi) is 4.11. The molecule has 0 aliphatic rings. The summed E-state index contributed by atoms with van der Waals surface area (Å²) in [6, 6.07) is 2.82. The second-order valence-electron chi connectivity index (χ2n) is 3.36. The van der Waals surface area contributed by atoms with Crippen molar-refractivity contribution in [1.29, 1.82) is 0 Å². The smallest absolute Gasteiger partial charge is 0.407 e. The van der Waals surface area contributed by atoms with E-state index in [1.165, 1.54) is 24.3 Å². The van der Waals surface area contributed by atoms with Crippen molar-refractivity contribution in [1.82, 2.24) is 0 Å². The minimum atomic E-state index is -4.49. The molecule has 17 heavy (non-hydrogen) atoms. The Hall–Kier alpha value is -1.56. The van der Waals surface area contributed by atoms with Crippen molar-refractivity contribution < 1.29 is 22.7 Å². The van der Waals surface area contributed by atoms with E-state index < -0.39 is 18.2 Å². The number of nitrogens with two attached hydrogens (primary N) is 1. The first-order valence-corrected chi connectivity index (χ1v) is 4.95. The standard InChI is InChI=1S/C11H12F3NO2/c1-2-17-10(16)8-5-3-7(4-6-8)9(15)11(12,13)14/h3-6,9H,2,15H2,1H3/t9-/m0/s1. The van der Waals surface area contributed by atoms with Gasteiger partial charge in [0.25, 0.3) is 0 Å². The number of halogens is 3. The van der Waals surface area contributed by atoms with E-state index in [0.717, 1.165) is 0 Å². The molecule has 6 heteroatoms. The number of ether oxygens (including phenoxy) is 1. The lowest BCUT2D eigenvalue weighted by atomic mass is 10.1. The van der Waals surface area contributed by atoms with Crippen LogP contribution in [0.1, 0.15) is 28.9 Å². The van der Waals surface area contributed by atoms with Gasteiger partial charge in [-0.3, -0.25) is 0 Å². The number of hydrogen-bond acceptors (Lipinski definition) is 3. The summed E-state index contributed by atoms with van der Waals surface area (Å²) in [5.41, 5.74) is 5.12. The van der Waals surface area contributed by atoms with Gasteiger partial charge in [0.15, 0.2) is 0 Å². The van der Waals surface area contributed by atoms with E-state index in [4.69, 9.17) is 10.5 Å². The quantitative estimate of drug-likeness (QED) is 0.834. The molecule has 1 rings (SSSR count). The molecule has 0 aliphatic heterocycles. The highest BCUT2D eigenvalue weighted by molar-refractivity contribution is 5.89. The average Bonchev–Trinajstić information content (AvgIpc) is 2.27. The molecule has 3 nitrogen and oxygen atoms in total. The number of alkyl halides is 3. The number of benzene rings is 1. The highest BCUT2D eigenvalue weighted by atomic mass is 19.4. The monoisotopic (exact) mass is 247 g/mol. The van der Waals surface area contributed by atoms with Gasteiger partial charge in [0.1, 0.15) is 6.04 Å². The molecule has 94 valence electrons. The summed E-state index contributed by atoms with van der Waals surface area (Å²) in [6.45, 7) is 1.86. The third kappa shape index (κ3) is 3.45. The summed E-state index contributed by atoms with van der Waals surface area (Å²) < 4.78 is 41.6. The van der Waals surface area contributed by atoms with Gasteiger partial charge < -0.3 is 10.5 Å². The number of carbonyl (C=O) groups excluding carboxylic acids is 1. The molecule has 0 bridgehead atoms. The van der Waals surface area contributed by atoms with Gasteiger partial charge in [-0.25, -0.2) is 4.79 Å². The van der Waals surface area contributed by atoms with Gasteiger partial charge in [-0.2, -0.15) is 13.2 Å². The number of carbonyl (C=O) groups is 1. The van der Waals surface area contributed by atoms with Crippen LogP contribution < -0.4 is 5.73 Å². The first-order valence-electron chi connectivity index (χ1n) is 4.95. The lowest BCUT2D eigenvalue weighted by molar-refractivity contribution is -0.149. The predicted molar refractivity (Wildman–Crippen MR) is 55.4 cm³/mol. The largest absolute Gasteiger partial charge is 0.462 e. The van der Waals surface area contributed by atoms with E-state index in [-0.39, 0.29) is 17.7 Å². The maximum Gasteiger partial charge on any atom is 0.407 e. The predicted octanol–water partition coefficient (Wildman–Crippen LogP) is 2.43. The van der Waals surface area contributed by atoms with Gasteiger partial charge >= 0.3 is 12.1 Å². The molecule has 1 atom stereocenters. The minimum absolute atomic E-state index is 0.0921. The summed E-state index contributed by atoms with van der Waals surface area (Å²) >= 11 is 0. The normalized spacial score (nSPS) is 13.2. The Labute approximate surface area is 96.4 Å². The van der Waals surface area contributed by atoms with Crippen molar-refractivity contribution in [3.05, 3.63) is 35.4 Å². The van der Waals surface area contributed by atoms with Gasteiger partial charge in [0, 0.05) is 0 Å². The average molecular weight is 247 g/mol. The molecule has 0 fully saturated rings. The SMILES string of the molecule is CCOC(=O)c1ccc([C@H](N)C(F)(F)F)cc1. The van der Waals surface area contributed by atoms with Crippen molar-refractivity contribution in [2.75, 3.05) is 6.61 Å². The van der Waals surface area contributed by atoms with Crippen LogP contribution in [0.15, 0.2) is 24.3 Å². The molecule has 0 heterocycles. The van der Waals surface area contributed by atoms with Crippen LogP contribution >= 0.6 is 0 Å². The highest BCUT2D eigenvalue weighted by Crippen LogP contribution is 2.30. The lowest BCUT2D eigenvalue weighted by Crippen LogP contribution is -2.28. The summed E-state index contributed by atoms with van der Waals surface area (Å²) in [6.07, 6.45) is -4.49. The molecule has 0 spiro atoms. The van der Waals surface area contributed by atoms with Gasteiger partial charge in [0.05, 0.1) is 12.2 Å². The Morgan fingerprint density at radius 1 is 1.35 bits per heavy atom. The van der Waals surface area contributed by atoms with Gasteiger partial charge in [-0.1, -0.05) is 12.1 Å². The highest BCUT2D eigenvalue weighted by Gasteiger charge is 2.37. The van der Waals surface area contributed by atoms with Crippen molar-refractivity contribution in [2.24, 2.45) is 5.73 Å². The van der Waals surface area contributed by atoms with Crippen LogP contribution in [0.25, 0.3) is 0 Å². The third-order valence-corrected chi connectivity index (χ3v) is 2.13. The van der Waals surface area contributed by atoms with Crippen LogP contribution in [0, 0.1) is 0 Å². The number of esters is 1. The van der Waals surface area contributed by atoms with Gasteiger partial charge in [-0.15, -0.1) is 0 Å². The van der Waals surface area contributed by atoms with E-state index in [9.17, 15) is 18.0 Å². The molecule has 0 radical (unpaired) electrons. The molecule has 0 saturated carbocycles. The topological polar surface area (TPSA) is 52.3 Å². The van der Waals surface area contributed by atoms with Crippen molar-refractivity contribution in [2.45, 2.75) is 19.1 Å². The lowest BCUT2D eigenvalue weighted by Gasteiger charge is -2.15. The van der Waals surface area contributed by atoms with Crippen molar-refractivity contribution in [3.8, 4) is 0 Å². The number of hydrogen-bond donors (Lipinski definition) is 1. The summed E-state index contributed by atoms with van der Waals surface area (Å²) in [7, 11) is 0. The summed E-state index contributed by atoms with van der Waals surface area (Å²) in [5, 5.41) is 0. The van der Waals surface area contributed by atoms with Crippen molar-refractivity contribution >= 4 is 5.97 Å². The number of rotatable bonds is 3. The van der Waals surface area contributed by atoms with E-state index in [0.29, 0.717) is 0 Å². The molecule has 0 unspecified atom stereocenters. The van der Waals surface area contributed by atoms with Crippen LogP contribution in [0.2, 0.25) is 0 Å². The van der Waals surface area contributed by atoms with Crippen LogP contribution in [0.5, 0.6) is 0 Å². The van der Waals surface area contributed by atoms with E-state index in [1.54, 1.807) is 6.92 Å². The zero-order valence-corrected chi connectivity index (χ0v) is 9.12. The molecular weight excluding hydrogens is 235 g/mol. The van der Waals surface area contributed by atoms with Crippen LogP contribution in [0.3, 0.4) is 0 Å². The Morgan fingerprint density at radius 3 is 2.29 bits per heavy atom. The Morgan fingerprint density at radius 2 is 1.88 bits per heavy atom. The summed E-state index contributed by atoms with van der Waals surface area (Å²) in [4.78, 5) is 11.2. The molecule has 2 N–H and O–H groups in total. The fraction of sp³-hybridized carbons (Fsp3) is 0.364. The van der Waals surface area contributed by atoms with E-state index in [1.807, 2.05) is 0 Å². The molecule has 0 amide bonds.